The third-order valence-electron chi connectivity index (χ3n) is 6.30. The molecule has 0 N–H and O–H groups in total. The SMILES string of the molecule is C=C[C@@H]1O[C@H](CO[Si](C)(C)C(C)(C)C)[C@H]2C(=O)[C@@H]1CON2Cc1ccccc1. The molecule has 3 rings (SSSR count). The molecule has 2 bridgehead atoms. The van der Waals surface area contributed by atoms with Crippen LogP contribution in [0.4, 0.5) is 0 Å². The van der Waals surface area contributed by atoms with Gasteiger partial charge in [0.05, 0.1) is 31.8 Å². The summed E-state index contributed by atoms with van der Waals surface area (Å²) in [5.41, 5.74) is 1.10. The summed E-state index contributed by atoms with van der Waals surface area (Å²) in [5, 5.41) is 1.88. The highest BCUT2D eigenvalue weighted by molar-refractivity contribution is 6.74. The molecule has 0 aromatic heterocycles. The number of rotatable bonds is 6. The normalized spacial score (nSPS) is 29.0. The van der Waals surface area contributed by atoms with Gasteiger partial charge in [-0.2, -0.15) is 5.06 Å². The van der Waals surface area contributed by atoms with Crippen LogP contribution in [-0.2, 0) is 25.3 Å². The van der Waals surface area contributed by atoms with Crippen molar-refractivity contribution < 1.29 is 18.8 Å². The average molecular weight is 404 g/mol. The van der Waals surface area contributed by atoms with Crippen molar-refractivity contribution in [2.24, 2.45) is 5.92 Å². The monoisotopic (exact) mass is 403 g/mol. The summed E-state index contributed by atoms with van der Waals surface area (Å²) in [6.45, 7) is 16.2. The first kappa shape index (κ1) is 21.4. The van der Waals surface area contributed by atoms with Crippen LogP contribution < -0.4 is 0 Å². The molecule has 0 radical (unpaired) electrons. The van der Waals surface area contributed by atoms with Crippen molar-refractivity contribution in [3.63, 3.8) is 0 Å². The molecule has 0 spiro atoms. The Kier molecular flexibility index (Phi) is 6.27. The maximum atomic E-state index is 13.2. The fourth-order valence-electron chi connectivity index (χ4n) is 3.46. The van der Waals surface area contributed by atoms with Crippen molar-refractivity contribution in [1.82, 2.24) is 5.06 Å². The quantitative estimate of drug-likeness (QED) is 0.531. The Hall–Kier alpha value is -1.31. The Labute approximate surface area is 169 Å². The molecule has 28 heavy (non-hydrogen) atoms. The molecule has 0 amide bonds. The second-order valence-electron chi connectivity index (χ2n) is 9.26. The van der Waals surface area contributed by atoms with Gasteiger partial charge < -0.3 is 9.16 Å². The lowest BCUT2D eigenvalue weighted by molar-refractivity contribution is -0.276. The second-order valence-corrected chi connectivity index (χ2v) is 14.1. The molecule has 0 saturated carbocycles. The molecule has 5 nitrogen and oxygen atoms in total. The summed E-state index contributed by atoms with van der Waals surface area (Å²) in [5.74, 6) is -0.124. The zero-order valence-electron chi connectivity index (χ0n) is 17.7. The van der Waals surface area contributed by atoms with E-state index in [0.717, 1.165) is 5.56 Å². The van der Waals surface area contributed by atoms with Gasteiger partial charge >= 0.3 is 0 Å². The van der Waals surface area contributed by atoms with Crippen LogP contribution >= 0.6 is 0 Å². The highest BCUT2D eigenvalue weighted by atomic mass is 28.4. The van der Waals surface area contributed by atoms with E-state index >= 15 is 0 Å². The van der Waals surface area contributed by atoms with E-state index in [4.69, 9.17) is 14.0 Å². The minimum absolute atomic E-state index is 0.0961. The topological polar surface area (TPSA) is 48.0 Å². The standard InChI is InChI=1S/C22H33NO4Si/c1-7-18-17-14-25-23(13-16-11-9-8-10-12-16)20(21(17)24)19(27-18)15-26-28(5,6)22(2,3)4/h7-12,17-20H,1,13-15H2,2-6H3/t17-,18+,19-,20+/m1/s1. The first-order valence-electron chi connectivity index (χ1n) is 10.0. The van der Waals surface area contributed by atoms with Crippen LogP contribution in [0.15, 0.2) is 43.0 Å². The van der Waals surface area contributed by atoms with Crippen molar-refractivity contribution >= 4 is 14.1 Å². The maximum absolute atomic E-state index is 13.2. The molecule has 0 aliphatic carbocycles. The van der Waals surface area contributed by atoms with Crippen LogP contribution in [0.2, 0.25) is 18.1 Å². The third kappa shape index (κ3) is 4.31. The molecule has 2 aliphatic rings. The maximum Gasteiger partial charge on any atom is 0.192 e. The van der Waals surface area contributed by atoms with Gasteiger partial charge in [0.2, 0.25) is 0 Å². The fraction of sp³-hybridized carbons (Fsp3) is 0.591. The van der Waals surface area contributed by atoms with Crippen LogP contribution in [-0.4, -0.2) is 50.6 Å². The minimum atomic E-state index is -1.96. The van der Waals surface area contributed by atoms with Crippen LogP contribution in [0, 0.1) is 5.92 Å². The smallest absolute Gasteiger partial charge is 0.192 e. The van der Waals surface area contributed by atoms with Gasteiger partial charge in [-0.3, -0.25) is 9.63 Å². The number of hydrogen-bond acceptors (Lipinski definition) is 5. The molecule has 2 aliphatic heterocycles. The molecule has 154 valence electrons. The Morgan fingerprint density at radius 3 is 2.57 bits per heavy atom. The number of Topliss-reactive ketones (excluding diaryl/α,β-unsaturated/α-hetero) is 1. The van der Waals surface area contributed by atoms with Crippen molar-refractivity contribution in [2.75, 3.05) is 13.2 Å². The lowest BCUT2D eigenvalue weighted by atomic mass is 9.85. The molecule has 2 heterocycles. The van der Waals surface area contributed by atoms with E-state index in [0.29, 0.717) is 19.8 Å². The first-order chi connectivity index (χ1) is 13.1. The van der Waals surface area contributed by atoms with Crippen LogP contribution in [0.25, 0.3) is 0 Å². The molecule has 2 fully saturated rings. The van der Waals surface area contributed by atoms with Crippen molar-refractivity contribution in [1.29, 1.82) is 0 Å². The highest BCUT2D eigenvalue weighted by Crippen LogP contribution is 2.38. The zero-order valence-corrected chi connectivity index (χ0v) is 18.7. The van der Waals surface area contributed by atoms with Gasteiger partial charge in [0.15, 0.2) is 14.1 Å². The number of ketones is 1. The van der Waals surface area contributed by atoms with Gasteiger partial charge in [-0.1, -0.05) is 57.2 Å². The van der Waals surface area contributed by atoms with Gasteiger partial charge in [0.25, 0.3) is 0 Å². The molecule has 6 heteroatoms. The van der Waals surface area contributed by atoms with Gasteiger partial charge in [-0.15, -0.1) is 6.58 Å². The number of ether oxygens (including phenoxy) is 1. The minimum Gasteiger partial charge on any atom is -0.414 e. The Bertz CT molecular complexity index is 700. The Morgan fingerprint density at radius 2 is 1.96 bits per heavy atom. The summed E-state index contributed by atoms with van der Waals surface area (Å²) in [4.78, 5) is 19.2. The Balaban J connectivity index is 1.80. The van der Waals surface area contributed by atoms with E-state index in [1.807, 2.05) is 30.3 Å². The van der Waals surface area contributed by atoms with E-state index in [9.17, 15) is 4.79 Å². The van der Waals surface area contributed by atoms with Crippen molar-refractivity contribution in [3.05, 3.63) is 48.6 Å². The lowest BCUT2D eigenvalue weighted by Gasteiger charge is -2.48. The van der Waals surface area contributed by atoms with Crippen molar-refractivity contribution in [3.8, 4) is 0 Å². The largest absolute Gasteiger partial charge is 0.414 e. The van der Waals surface area contributed by atoms with Gasteiger partial charge in [-0.05, 0) is 23.7 Å². The van der Waals surface area contributed by atoms with Crippen molar-refractivity contribution in [2.45, 2.75) is 63.7 Å². The van der Waals surface area contributed by atoms with Gasteiger partial charge in [0.1, 0.15) is 12.1 Å². The molecule has 1 aromatic carbocycles. The number of benzene rings is 1. The predicted molar refractivity (Wildman–Crippen MR) is 112 cm³/mol. The van der Waals surface area contributed by atoms with E-state index < -0.39 is 14.4 Å². The van der Waals surface area contributed by atoms with E-state index in [-0.39, 0.29) is 28.9 Å². The molecular formula is C22H33NO4Si. The average Bonchev–Trinajstić information content (AvgIpc) is 2.62. The number of hydroxylamine groups is 2. The molecule has 0 unspecified atom stereocenters. The van der Waals surface area contributed by atoms with Crippen LogP contribution in [0.5, 0.6) is 0 Å². The molecule has 1 aromatic rings. The zero-order chi connectivity index (χ0) is 20.5. The lowest BCUT2D eigenvalue weighted by Crippen LogP contribution is -2.64. The van der Waals surface area contributed by atoms with Crippen LogP contribution in [0.3, 0.4) is 0 Å². The third-order valence-corrected chi connectivity index (χ3v) is 10.8. The van der Waals surface area contributed by atoms with E-state index in [1.54, 1.807) is 11.1 Å². The molecular weight excluding hydrogens is 370 g/mol. The fourth-order valence-corrected chi connectivity index (χ4v) is 4.47. The number of carbonyl (C=O) groups excluding carboxylic acids is 1. The number of nitrogens with zero attached hydrogens (tertiary/aromatic N) is 1. The van der Waals surface area contributed by atoms with Gasteiger partial charge in [0, 0.05) is 0 Å². The number of fused-ring (bicyclic) bond motifs is 2. The highest BCUT2D eigenvalue weighted by Gasteiger charge is 2.51. The van der Waals surface area contributed by atoms with E-state index in [2.05, 4.69) is 40.4 Å². The van der Waals surface area contributed by atoms with E-state index in [1.165, 1.54) is 0 Å². The summed E-state index contributed by atoms with van der Waals surface area (Å²) >= 11 is 0. The van der Waals surface area contributed by atoms with Gasteiger partial charge in [-0.25, -0.2) is 0 Å². The number of hydrogen-bond donors (Lipinski definition) is 0. The first-order valence-corrected chi connectivity index (χ1v) is 12.9. The summed E-state index contributed by atoms with van der Waals surface area (Å²) in [7, 11) is -1.96. The van der Waals surface area contributed by atoms with Crippen LogP contribution in [0.1, 0.15) is 26.3 Å². The Morgan fingerprint density at radius 1 is 1.29 bits per heavy atom. The molecule has 4 atom stereocenters. The predicted octanol–water partition coefficient (Wildman–Crippen LogP) is 3.96. The molecule has 2 saturated heterocycles. The summed E-state index contributed by atoms with van der Waals surface area (Å²) in [6, 6.07) is 9.59. The second kappa shape index (κ2) is 8.20. The number of carbonyl (C=O) groups is 1. The summed E-state index contributed by atoms with van der Waals surface area (Å²) < 4.78 is 12.7. The summed E-state index contributed by atoms with van der Waals surface area (Å²) in [6.07, 6.45) is 1.02.